The normalized spacial score (nSPS) is 16.9. The number of likely N-dealkylation sites (tertiary alicyclic amines) is 1. The third kappa shape index (κ3) is 4.10. The lowest BCUT2D eigenvalue weighted by Crippen LogP contribution is -2.29. The van der Waals surface area contributed by atoms with Gasteiger partial charge in [0, 0.05) is 28.7 Å². The molecule has 1 aliphatic heterocycles. The largest absolute Gasteiger partial charge is 0.497 e. The van der Waals surface area contributed by atoms with E-state index in [-0.39, 0.29) is 11.9 Å². The summed E-state index contributed by atoms with van der Waals surface area (Å²) >= 11 is 3.45. The molecule has 1 aliphatic rings. The second-order valence-corrected chi connectivity index (χ2v) is 7.10. The van der Waals surface area contributed by atoms with Crippen molar-refractivity contribution in [3.05, 3.63) is 64.1 Å². The second-order valence-electron chi connectivity index (χ2n) is 6.19. The molecule has 1 saturated heterocycles. The van der Waals surface area contributed by atoms with Crippen LogP contribution in [0.3, 0.4) is 0 Å². The van der Waals surface area contributed by atoms with Crippen LogP contribution < -0.4 is 9.47 Å². The van der Waals surface area contributed by atoms with Gasteiger partial charge >= 0.3 is 0 Å². The number of methoxy groups -OCH3 is 2. The number of hydrogen-bond donors (Lipinski definition) is 0. The van der Waals surface area contributed by atoms with Gasteiger partial charge in [-0.05, 0) is 48.7 Å². The van der Waals surface area contributed by atoms with Gasteiger partial charge in [-0.1, -0.05) is 28.1 Å². The molecule has 2 aromatic carbocycles. The van der Waals surface area contributed by atoms with Gasteiger partial charge in [0.15, 0.2) is 0 Å². The molecule has 26 heavy (non-hydrogen) atoms. The van der Waals surface area contributed by atoms with Crippen LogP contribution in [0.25, 0.3) is 6.08 Å². The molecule has 0 aromatic heterocycles. The number of carbonyl (C=O) groups is 1. The number of rotatable bonds is 5. The van der Waals surface area contributed by atoms with Gasteiger partial charge in [0.05, 0.1) is 20.3 Å². The van der Waals surface area contributed by atoms with E-state index in [0.29, 0.717) is 0 Å². The van der Waals surface area contributed by atoms with Crippen molar-refractivity contribution in [1.82, 2.24) is 4.90 Å². The van der Waals surface area contributed by atoms with Crippen LogP contribution in [-0.2, 0) is 4.79 Å². The van der Waals surface area contributed by atoms with Crippen molar-refractivity contribution in [3.63, 3.8) is 0 Å². The minimum absolute atomic E-state index is 0.0188. The molecule has 0 saturated carbocycles. The Labute approximate surface area is 162 Å². The molecule has 1 atom stereocenters. The third-order valence-corrected chi connectivity index (χ3v) is 5.10. The van der Waals surface area contributed by atoms with Crippen molar-refractivity contribution >= 4 is 27.9 Å². The van der Waals surface area contributed by atoms with Crippen LogP contribution in [0.4, 0.5) is 0 Å². The first kappa shape index (κ1) is 18.5. The average Bonchev–Trinajstić information content (AvgIpc) is 3.15. The predicted octanol–water partition coefficient (Wildman–Crippen LogP) is 4.84. The minimum atomic E-state index is 0.0188. The Morgan fingerprint density at radius 2 is 2.04 bits per heavy atom. The monoisotopic (exact) mass is 415 g/mol. The van der Waals surface area contributed by atoms with Gasteiger partial charge in [0.2, 0.25) is 5.91 Å². The molecule has 3 rings (SSSR count). The first-order valence-corrected chi connectivity index (χ1v) is 9.38. The van der Waals surface area contributed by atoms with Gasteiger partial charge in [-0.15, -0.1) is 0 Å². The highest BCUT2D eigenvalue weighted by molar-refractivity contribution is 9.10. The van der Waals surface area contributed by atoms with Gasteiger partial charge < -0.3 is 14.4 Å². The van der Waals surface area contributed by atoms with Crippen LogP contribution in [0.1, 0.15) is 30.0 Å². The van der Waals surface area contributed by atoms with Crippen LogP contribution in [0.2, 0.25) is 0 Å². The molecule has 136 valence electrons. The van der Waals surface area contributed by atoms with E-state index >= 15 is 0 Å². The molecule has 0 N–H and O–H groups in total. The zero-order valence-corrected chi connectivity index (χ0v) is 16.5. The van der Waals surface area contributed by atoms with E-state index in [9.17, 15) is 4.79 Å². The minimum Gasteiger partial charge on any atom is -0.497 e. The summed E-state index contributed by atoms with van der Waals surface area (Å²) < 4.78 is 11.8. The molecule has 4 nitrogen and oxygen atoms in total. The van der Waals surface area contributed by atoms with E-state index in [1.165, 1.54) is 0 Å². The summed E-state index contributed by atoms with van der Waals surface area (Å²) in [7, 11) is 3.28. The fraction of sp³-hybridized carbons (Fsp3) is 0.286. The first-order chi connectivity index (χ1) is 12.6. The predicted molar refractivity (Wildman–Crippen MR) is 106 cm³/mol. The molecule has 1 unspecified atom stereocenters. The van der Waals surface area contributed by atoms with E-state index in [0.717, 1.165) is 46.5 Å². The van der Waals surface area contributed by atoms with Crippen molar-refractivity contribution in [2.24, 2.45) is 0 Å². The lowest BCUT2D eigenvalue weighted by molar-refractivity contribution is -0.126. The lowest BCUT2D eigenvalue weighted by Gasteiger charge is -2.25. The Hall–Kier alpha value is -2.27. The van der Waals surface area contributed by atoms with E-state index in [1.807, 2.05) is 53.4 Å². The zero-order valence-electron chi connectivity index (χ0n) is 14.9. The van der Waals surface area contributed by atoms with Gasteiger partial charge in [-0.25, -0.2) is 0 Å². The van der Waals surface area contributed by atoms with Crippen LogP contribution >= 0.6 is 15.9 Å². The quantitative estimate of drug-likeness (QED) is 0.655. The summed E-state index contributed by atoms with van der Waals surface area (Å²) in [6.45, 7) is 0.751. The number of hydrogen-bond acceptors (Lipinski definition) is 3. The average molecular weight is 416 g/mol. The number of amides is 1. The summed E-state index contributed by atoms with van der Waals surface area (Å²) in [6.07, 6.45) is 5.42. The van der Waals surface area contributed by atoms with Gasteiger partial charge in [0.25, 0.3) is 0 Å². The molecule has 1 fully saturated rings. The Morgan fingerprint density at radius 3 is 2.77 bits per heavy atom. The van der Waals surface area contributed by atoms with E-state index < -0.39 is 0 Å². The van der Waals surface area contributed by atoms with E-state index in [1.54, 1.807) is 20.3 Å². The summed E-state index contributed by atoms with van der Waals surface area (Å²) in [4.78, 5) is 14.7. The van der Waals surface area contributed by atoms with Gasteiger partial charge in [-0.3, -0.25) is 4.79 Å². The molecule has 2 aromatic rings. The second kappa shape index (κ2) is 8.41. The molecule has 1 amide bonds. The molecular formula is C21H22BrNO3. The number of ether oxygens (including phenoxy) is 2. The molecule has 0 spiro atoms. The Bertz CT molecular complexity index is 819. The highest BCUT2D eigenvalue weighted by Crippen LogP contribution is 2.38. The smallest absolute Gasteiger partial charge is 0.247 e. The summed E-state index contributed by atoms with van der Waals surface area (Å²) in [5.41, 5.74) is 2.01. The van der Waals surface area contributed by atoms with Crippen molar-refractivity contribution in [2.75, 3.05) is 20.8 Å². The standard InChI is InChI=1S/C21H22BrNO3/c1-25-17-9-10-18(20(14-17)26-2)19-7-4-12-23(19)21(24)11-8-15-5-3-6-16(22)13-15/h3,5-6,8-11,13-14,19H,4,7,12H2,1-2H3. The van der Waals surface area contributed by atoms with Crippen LogP contribution in [0, 0.1) is 0 Å². The number of halogens is 1. The fourth-order valence-electron chi connectivity index (χ4n) is 3.32. The van der Waals surface area contributed by atoms with E-state index in [4.69, 9.17) is 9.47 Å². The van der Waals surface area contributed by atoms with Gasteiger partial charge in [0.1, 0.15) is 11.5 Å². The van der Waals surface area contributed by atoms with Crippen LogP contribution in [0.15, 0.2) is 53.0 Å². The third-order valence-electron chi connectivity index (χ3n) is 4.60. The maximum atomic E-state index is 12.8. The topological polar surface area (TPSA) is 38.8 Å². The van der Waals surface area contributed by atoms with Crippen molar-refractivity contribution in [1.29, 1.82) is 0 Å². The van der Waals surface area contributed by atoms with Crippen molar-refractivity contribution in [3.8, 4) is 11.5 Å². The molecule has 0 bridgehead atoms. The molecule has 1 heterocycles. The Morgan fingerprint density at radius 1 is 1.19 bits per heavy atom. The Balaban J connectivity index is 1.80. The fourth-order valence-corrected chi connectivity index (χ4v) is 3.74. The zero-order chi connectivity index (χ0) is 18.5. The van der Waals surface area contributed by atoms with E-state index in [2.05, 4.69) is 15.9 Å². The number of benzene rings is 2. The molecule has 0 radical (unpaired) electrons. The highest BCUT2D eigenvalue weighted by atomic mass is 79.9. The maximum absolute atomic E-state index is 12.8. The molecule has 5 heteroatoms. The molecule has 0 aliphatic carbocycles. The summed E-state index contributed by atoms with van der Waals surface area (Å²) in [5.74, 6) is 1.52. The molecular weight excluding hydrogens is 394 g/mol. The SMILES string of the molecule is COc1ccc(C2CCCN2C(=O)C=Cc2cccc(Br)c2)c(OC)c1. The van der Waals surface area contributed by atoms with Crippen LogP contribution in [0.5, 0.6) is 11.5 Å². The maximum Gasteiger partial charge on any atom is 0.247 e. The van der Waals surface area contributed by atoms with Gasteiger partial charge in [-0.2, -0.15) is 0 Å². The number of nitrogens with zero attached hydrogens (tertiary/aromatic N) is 1. The van der Waals surface area contributed by atoms with Crippen LogP contribution in [-0.4, -0.2) is 31.6 Å². The Kier molecular flexibility index (Phi) is 5.99. The summed E-state index contributed by atoms with van der Waals surface area (Å²) in [6, 6.07) is 13.7. The summed E-state index contributed by atoms with van der Waals surface area (Å²) in [5, 5.41) is 0. The first-order valence-electron chi connectivity index (χ1n) is 8.58. The highest BCUT2D eigenvalue weighted by Gasteiger charge is 2.30. The van der Waals surface area contributed by atoms with Crippen molar-refractivity contribution in [2.45, 2.75) is 18.9 Å². The number of carbonyl (C=O) groups excluding carboxylic acids is 1. The lowest BCUT2D eigenvalue weighted by atomic mass is 10.0. The van der Waals surface area contributed by atoms with Crippen molar-refractivity contribution < 1.29 is 14.3 Å².